The van der Waals surface area contributed by atoms with Crippen molar-refractivity contribution in [3.8, 4) is 22.7 Å². The van der Waals surface area contributed by atoms with Crippen molar-refractivity contribution in [3.63, 3.8) is 0 Å². The number of aryl methyl sites for hydroxylation is 1. The first-order chi connectivity index (χ1) is 17.2. The summed E-state index contributed by atoms with van der Waals surface area (Å²) in [7, 11) is 1.58. The number of carbonyl (C=O) groups excluding carboxylic acids is 1. The lowest BCUT2D eigenvalue weighted by Crippen LogP contribution is -2.53. The Hall–Kier alpha value is -3.37. The van der Waals surface area contributed by atoms with Gasteiger partial charge < -0.3 is 14.2 Å². The minimum Gasteiger partial charge on any atom is -0.495 e. The second-order valence-electron chi connectivity index (χ2n) is 10.1. The van der Waals surface area contributed by atoms with Crippen LogP contribution in [0.5, 0.6) is 5.75 Å². The zero-order chi connectivity index (χ0) is 25.2. The van der Waals surface area contributed by atoms with Crippen molar-refractivity contribution in [1.82, 2.24) is 29.4 Å². The lowest BCUT2D eigenvalue weighted by molar-refractivity contribution is -0.173. The molecular formula is C25H27F3N6O2. The molecule has 8 nitrogen and oxygen atoms in total. The molecule has 2 aromatic heterocycles. The van der Waals surface area contributed by atoms with Crippen molar-refractivity contribution in [3.05, 3.63) is 42.6 Å². The van der Waals surface area contributed by atoms with Crippen LogP contribution in [0.15, 0.2) is 36.9 Å². The summed E-state index contributed by atoms with van der Waals surface area (Å²) in [6.07, 6.45) is 4.24. The number of halogens is 3. The molecule has 11 heteroatoms. The highest BCUT2D eigenvalue weighted by atomic mass is 19.4. The summed E-state index contributed by atoms with van der Waals surface area (Å²) in [6, 6.07) is 4.48. The molecule has 2 saturated carbocycles. The highest BCUT2D eigenvalue weighted by Gasteiger charge is 2.59. The van der Waals surface area contributed by atoms with Gasteiger partial charge in [-0.25, -0.2) is 9.67 Å². The average Bonchev–Trinajstić information content (AvgIpc) is 3.62. The van der Waals surface area contributed by atoms with Crippen LogP contribution in [0.4, 0.5) is 13.2 Å². The number of piperidine rings is 1. The average molecular weight is 501 g/mol. The van der Waals surface area contributed by atoms with Crippen molar-refractivity contribution in [2.24, 2.45) is 17.8 Å². The summed E-state index contributed by atoms with van der Waals surface area (Å²) in [4.78, 5) is 18.8. The summed E-state index contributed by atoms with van der Waals surface area (Å²) < 4.78 is 49.2. The lowest BCUT2D eigenvalue weighted by atomic mass is 9.85. The van der Waals surface area contributed by atoms with Gasteiger partial charge in [-0.2, -0.15) is 13.2 Å². The number of hydrogen-bond acceptors (Lipinski definition) is 5. The maximum atomic E-state index is 13.5. The van der Waals surface area contributed by atoms with E-state index >= 15 is 0 Å². The number of alkyl halides is 3. The highest BCUT2D eigenvalue weighted by molar-refractivity contribution is 5.83. The van der Waals surface area contributed by atoms with Crippen LogP contribution < -0.4 is 4.74 Å². The second-order valence-corrected chi connectivity index (χ2v) is 10.1. The first-order valence-corrected chi connectivity index (χ1v) is 12.2. The number of rotatable bonds is 5. The monoisotopic (exact) mass is 500 g/mol. The fourth-order valence-corrected chi connectivity index (χ4v) is 6.74. The third-order valence-corrected chi connectivity index (χ3v) is 8.13. The molecule has 3 heterocycles. The second kappa shape index (κ2) is 8.35. The van der Waals surface area contributed by atoms with Crippen LogP contribution in [0, 0.1) is 24.7 Å². The Balaban J connectivity index is 1.33. The number of likely N-dealkylation sites (tertiary alicyclic amines) is 1. The van der Waals surface area contributed by atoms with Gasteiger partial charge in [-0.3, -0.25) is 4.79 Å². The van der Waals surface area contributed by atoms with E-state index in [4.69, 9.17) is 4.74 Å². The van der Waals surface area contributed by atoms with Gasteiger partial charge in [0.2, 0.25) is 5.91 Å². The van der Waals surface area contributed by atoms with Crippen molar-refractivity contribution < 1.29 is 22.7 Å². The fourth-order valence-electron chi connectivity index (χ4n) is 6.74. The molecule has 6 rings (SSSR count). The van der Waals surface area contributed by atoms with Gasteiger partial charge in [0.05, 0.1) is 31.0 Å². The third-order valence-electron chi connectivity index (χ3n) is 8.13. The summed E-state index contributed by atoms with van der Waals surface area (Å²) >= 11 is 0. The van der Waals surface area contributed by atoms with E-state index in [2.05, 4.69) is 15.3 Å². The number of benzene rings is 1. The van der Waals surface area contributed by atoms with E-state index < -0.39 is 24.7 Å². The quantitative estimate of drug-likeness (QED) is 0.525. The largest absolute Gasteiger partial charge is 0.495 e. The molecule has 36 heavy (non-hydrogen) atoms. The summed E-state index contributed by atoms with van der Waals surface area (Å²) in [5.74, 6) is 0.473. The first-order valence-electron chi connectivity index (χ1n) is 12.2. The lowest BCUT2D eigenvalue weighted by Gasteiger charge is -2.39. The van der Waals surface area contributed by atoms with E-state index in [9.17, 15) is 18.0 Å². The molecule has 1 aliphatic heterocycles. The van der Waals surface area contributed by atoms with E-state index in [1.54, 1.807) is 19.6 Å². The smallest absolute Gasteiger partial charge is 0.406 e. The van der Waals surface area contributed by atoms with Crippen LogP contribution in [0.2, 0.25) is 0 Å². The number of ether oxygens (including phenoxy) is 1. The Kier molecular flexibility index (Phi) is 5.34. The van der Waals surface area contributed by atoms with Crippen molar-refractivity contribution in [1.29, 1.82) is 0 Å². The van der Waals surface area contributed by atoms with E-state index in [0.29, 0.717) is 17.9 Å². The zero-order valence-electron chi connectivity index (χ0n) is 20.0. The van der Waals surface area contributed by atoms with Crippen LogP contribution in [0.1, 0.15) is 37.4 Å². The van der Waals surface area contributed by atoms with E-state index in [1.165, 1.54) is 4.68 Å². The molecule has 3 fully saturated rings. The Morgan fingerprint density at radius 1 is 1.14 bits per heavy atom. The number of amides is 1. The number of hydrogen-bond donors (Lipinski definition) is 0. The number of nitrogens with zero attached hydrogens (tertiary/aromatic N) is 6. The molecule has 2 bridgehead atoms. The molecule has 0 N–H and O–H groups in total. The maximum Gasteiger partial charge on any atom is 0.406 e. The highest BCUT2D eigenvalue weighted by Crippen LogP contribution is 2.56. The number of methoxy groups -OCH3 is 1. The minimum atomic E-state index is -4.44. The van der Waals surface area contributed by atoms with Crippen LogP contribution in [0.25, 0.3) is 16.9 Å². The van der Waals surface area contributed by atoms with Gasteiger partial charge in [-0.15, -0.1) is 5.10 Å². The molecule has 1 aromatic carbocycles. The molecule has 1 amide bonds. The summed E-state index contributed by atoms with van der Waals surface area (Å²) in [5, 5.41) is 8.54. The molecular weight excluding hydrogens is 473 g/mol. The van der Waals surface area contributed by atoms with Crippen molar-refractivity contribution in [2.45, 2.75) is 50.9 Å². The van der Waals surface area contributed by atoms with Gasteiger partial charge in [0.1, 0.15) is 24.0 Å². The Morgan fingerprint density at radius 2 is 1.94 bits per heavy atom. The molecule has 3 aliphatic rings. The van der Waals surface area contributed by atoms with Gasteiger partial charge in [-0.05, 0) is 56.1 Å². The predicted molar refractivity (Wildman–Crippen MR) is 123 cm³/mol. The molecule has 2 aliphatic carbocycles. The van der Waals surface area contributed by atoms with Gasteiger partial charge in [0.25, 0.3) is 0 Å². The van der Waals surface area contributed by atoms with E-state index in [-0.39, 0.29) is 23.8 Å². The Labute approximate surface area is 206 Å². The summed E-state index contributed by atoms with van der Waals surface area (Å²) in [6.45, 7) is 0.690. The van der Waals surface area contributed by atoms with Gasteiger partial charge in [0.15, 0.2) is 0 Å². The zero-order valence-corrected chi connectivity index (χ0v) is 20.0. The Bertz CT molecular complexity index is 1300. The van der Waals surface area contributed by atoms with Crippen LogP contribution in [-0.4, -0.2) is 61.2 Å². The molecule has 190 valence electrons. The molecule has 1 unspecified atom stereocenters. The first kappa shape index (κ1) is 23.1. The summed E-state index contributed by atoms with van der Waals surface area (Å²) in [5.41, 5.74) is 2.94. The molecule has 0 spiro atoms. The predicted octanol–water partition coefficient (Wildman–Crippen LogP) is 4.20. The van der Waals surface area contributed by atoms with Crippen LogP contribution >= 0.6 is 0 Å². The van der Waals surface area contributed by atoms with E-state index in [1.807, 2.05) is 35.9 Å². The topological polar surface area (TPSA) is 78.1 Å². The SMILES string of the molecule is COc1cc(-c2cn(C3C(=O)N(CC(F)(F)F)[C@@H]4C[C@@H]3[C@H]3CCC[C@H]34)nn2)ccc1-n1cnc(C)c1. The number of aromatic nitrogens is 5. The third kappa shape index (κ3) is 3.75. The van der Waals surface area contributed by atoms with Crippen molar-refractivity contribution >= 4 is 5.91 Å². The van der Waals surface area contributed by atoms with E-state index in [0.717, 1.165) is 41.1 Å². The van der Waals surface area contributed by atoms with Gasteiger partial charge in [0, 0.05) is 17.8 Å². The number of carbonyl (C=O) groups is 1. The molecule has 1 saturated heterocycles. The fraction of sp³-hybridized carbons (Fsp3) is 0.520. The van der Waals surface area contributed by atoms with Crippen LogP contribution in [0.3, 0.4) is 0 Å². The molecule has 0 radical (unpaired) electrons. The maximum absolute atomic E-state index is 13.5. The minimum absolute atomic E-state index is 0.0181. The number of imidazole rings is 1. The van der Waals surface area contributed by atoms with Gasteiger partial charge >= 0.3 is 6.18 Å². The Morgan fingerprint density at radius 3 is 2.67 bits per heavy atom. The number of fused-ring (bicyclic) bond motifs is 5. The van der Waals surface area contributed by atoms with Crippen LogP contribution in [-0.2, 0) is 4.79 Å². The standard InChI is InChI=1S/C25H27F3N6O2/c1-14-10-32(13-29-14)20-7-6-15(8-22(20)36-2)19-11-34(31-30-19)23-18-9-21(17-5-3-4-16(17)18)33(24(23)35)12-25(26,27)28/h6-8,10-11,13,16-18,21,23H,3-5,9,12H2,1-2H3/t16-,17+,18+,21+,23?/m0/s1. The van der Waals surface area contributed by atoms with Crippen molar-refractivity contribution in [2.75, 3.05) is 13.7 Å². The molecule has 5 atom stereocenters. The molecule has 3 aromatic rings. The normalized spacial score (nSPS) is 27.5. The van der Waals surface area contributed by atoms with Gasteiger partial charge in [-0.1, -0.05) is 17.7 Å².